The van der Waals surface area contributed by atoms with Crippen LogP contribution in [0.3, 0.4) is 0 Å². The summed E-state index contributed by atoms with van der Waals surface area (Å²) in [6.45, 7) is 3.94. The number of rotatable bonds is 8. The minimum absolute atomic E-state index is 0.270. The lowest BCUT2D eigenvalue weighted by Gasteiger charge is -2.07. The monoisotopic (exact) mass is 313 g/mol. The second-order valence-electron chi connectivity index (χ2n) is 4.42. The normalized spacial score (nSPS) is 10.6. The lowest BCUT2D eigenvalue weighted by atomic mass is 10.1. The smallest absolute Gasteiger partial charge is 0.303 e. The molecule has 0 aliphatic carbocycles. The molecule has 3 nitrogen and oxygen atoms in total. The van der Waals surface area contributed by atoms with E-state index in [4.69, 9.17) is 5.11 Å². The number of unbranched alkanes of at least 4 members (excludes halogenated alkanes) is 1. The van der Waals surface area contributed by atoms with E-state index in [-0.39, 0.29) is 6.42 Å². The average Bonchev–Trinajstić information content (AvgIpc) is 2.32. The highest BCUT2D eigenvalue weighted by Gasteiger charge is 1.99. The Bertz CT molecular complexity index is 393. The Balaban J connectivity index is 2.14. The number of benzene rings is 1. The van der Waals surface area contributed by atoms with Gasteiger partial charge in [0.15, 0.2) is 0 Å². The number of nitrogens with one attached hydrogen (secondary N) is 1. The van der Waals surface area contributed by atoms with Gasteiger partial charge in [0.05, 0.1) is 0 Å². The molecule has 0 aliphatic heterocycles. The molecule has 0 spiro atoms. The Kier molecular flexibility index (Phi) is 6.98. The zero-order chi connectivity index (χ0) is 13.4. The van der Waals surface area contributed by atoms with Crippen LogP contribution in [-0.2, 0) is 11.2 Å². The van der Waals surface area contributed by atoms with Crippen LogP contribution < -0.4 is 5.32 Å². The lowest BCUT2D eigenvalue weighted by molar-refractivity contribution is -0.137. The third kappa shape index (κ3) is 6.17. The zero-order valence-electron chi connectivity index (χ0n) is 10.7. The van der Waals surface area contributed by atoms with E-state index in [2.05, 4.69) is 46.4 Å². The Morgan fingerprint density at radius 3 is 2.83 bits per heavy atom. The number of halogens is 1. The molecule has 4 heteroatoms. The van der Waals surface area contributed by atoms with Gasteiger partial charge in [-0.15, -0.1) is 0 Å². The highest BCUT2D eigenvalue weighted by molar-refractivity contribution is 9.10. The summed E-state index contributed by atoms with van der Waals surface area (Å²) in [6.07, 6.45) is 2.94. The van der Waals surface area contributed by atoms with E-state index >= 15 is 0 Å². The minimum atomic E-state index is -0.709. The predicted octanol–water partition coefficient (Wildman–Crippen LogP) is 3.14. The number of aliphatic carboxylic acids is 1. The average molecular weight is 314 g/mol. The molecule has 0 bridgehead atoms. The number of hydrogen-bond donors (Lipinski definition) is 2. The molecule has 0 saturated carbocycles. The standard InChI is InChI=1S/C14H20BrNO2/c1-11-5-6-13(15)10-12(11)7-9-16-8-3-2-4-14(17)18/h5-6,10,16H,2-4,7-9H2,1H3,(H,17,18). The molecule has 18 heavy (non-hydrogen) atoms. The molecule has 0 fully saturated rings. The quantitative estimate of drug-likeness (QED) is 0.725. The molecule has 0 aromatic heterocycles. The molecule has 0 saturated heterocycles. The van der Waals surface area contributed by atoms with E-state index in [9.17, 15) is 4.79 Å². The van der Waals surface area contributed by atoms with Crippen LogP contribution in [-0.4, -0.2) is 24.2 Å². The third-order valence-corrected chi connectivity index (χ3v) is 3.37. The summed E-state index contributed by atoms with van der Waals surface area (Å²) < 4.78 is 1.12. The van der Waals surface area contributed by atoms with Crippen molar-refractivity contribution in [3.05, 3.63) is 33.8 Å². The molecule has 0 aliphatic rings. The molecule has 0 heterocycles. The third-order valence-electron chi connectivity index (χ3n) is 2.88. The molecule has 0 atom stereocenters. The molecule has 1 aromatic carbocycles. The highest BCUT2D eigenvalue weighted by atomic mass is 79.9. The van der Waals surface area contributed by atoms with Gasteiger partial charge in [0.25, 0.3) is 0 Å². The van der Waals surface area contributed by atoms with Gasteiger partial charge in [-0.3, -0.25) is 4.79 Å². The highest BCUT2D eigenvalue weighted by Crippen LogP contribution is 2.16. The second kappa shape index (κ2) is 8.27. The summed E-state index contributed by atoms with van der Waals surface area (Å²) in [5.41, 5.74) is 2.66. The van der Waals surface area contributed by atoms with Crippen molar-refractivity contribution < 1.29 is 9.90 Å². The first-order chi connectivity index (χ1) is 8.59. The molecule has 100 valence electrons. The van der Waals surface area contributed by atoms with Gasteiger partial charge in [0, 0.05) is 10.9 Å². The van der Waals surface area contributed by atoms with E-state index < -0.39 is 5.97 Å². The van der Waals surface area contributed by atoms with Crippen molar-refractivity contribution in [3.63, 3.8) is 0 Å². The maximum absolute atomic E-state index is 10.3. The van der Waals surface area contributed by atoms with Gasteiger partial charge in [0.2, 0.25) is 0 Å². The Morgan fingerprint density at radius 1 is 1.33 bits per heavy atom. The van der Waals surface area contributed by atoms with E-state index in [0.717, 1.165) is 36.8 Å². The van der Waals surface area contributed by atoms with Crippen molar-refractivity contribution in [1.29, 1.82) is 0 Å². The van der Waals surface area contributed by atoms with Crippen molar-refractivity contribution in [2.24, 2.45) is 0 Å². The van der Waals surface area contributed by atoms with Crippen LogP contribution in [0.1, 0.15) is 30.4 Å². The molecule has 0 amide bonds. The van der Waals surface area contributed by atoms with E-state index in [1.54, 1.807) is 0 Å². The number of carbonyl (C=O) groups is 1. The van der Waals surface area contributed by atoms with Crippen molar-refractivity contribution >= 4 is 21.9 Å². The topological polar surface area (TPSA) is 49.3 Å². The summed E-state index contributed by atoms with van der Waals surface area (Å²) in [5.74, 6) is -0.709. The van der Waals surface area contributed by atoms with Gasteiger partial charge in [0.1, 0.15) is 0 Å². The Morgan fingerprint density at radius 2 is 2.11 bits per heavy atom. The maximum atomic E-state index is 10.3. The molecule has 1 rings (SSSR count). The number of carboxylic acids is 1. The summed E-state index contributed by atoms with van der Waals surface area (Å²) in [7, 11) is 0. The molecule has 0 unspecified atom stereocenters. The fourth-order valence-electron chi connectivity index (χ4n) is 1.78. The maximum Gasteiger partial charge on any atom is 0.303 e. The van der Waals surface area contributed by atoms with Crippen LogP contribution in [0, 0.1) is 6.92 Å². The first-order valence-corrected chi connectivity index (χ1v) is 7.06. The fraction of sp³-hybridized carbons (Fsp3) is 0.500. The number of aryl methyl sites for hydroxylation is 1. The van der Waals surface area contributed by atoms with E-state index in [1.807, 2.05) is 0 Å². The summed E-state index contributed by atoms with van der Waals surface area (Å²) in [4.78, 5) is 10.3. The molecular formula is C14H20BrNO2. The molecule has 0 radical (unpaired) electrons. The van der Waals surface area contributed by atoms with Gasteiger partial charge < -0.3 is 10.4 Å². The number of hydrogen-bond acceptors (Lipinski definition) is 2. The first kappa shape index (κ1) is 15.2. The van der Waals surface area contributed by atoms with Gasteiger partial charge >= 0.3 is 5.97 Å². The Labute approximate surface area is 117 Å². The van der Waals surface area contributed by atoms with Gasteiger partial charge in [-0.25, -0.2) is 0 Å². The lowest BCUT2D eigenvalue weighted by Crippen LogP contribution is -2.19. The van der Waals surface area contributed by atoms with Crippen LogP contribution >= 0.6 is 15.9 Å². The zero-order valence-corrected chi connectivity index (χ0v) is 12.3. The van der Waals surface area contributed by atoms with Crippen molar-refractivity contribution in [1.82, 2.24) is 5.32 Å². The van der Waals surface area contributed by atoms with Crippen molar-refractivity contribution in [3.8, 4) is 0 Å². The van der Waals surface area contributed by atoms with E-state index in [0.29, 0.717) is 0 Å². The predicted molar refractivity (Wildman–Crippen MR) is 76.9 cm³/mol. The van der Waals surface area contributed by atoms with Crippen LogP contribution in [0.5, 0.6) is 0 Å². The van der Waals surface area contributed by atoms with Crippen LogP contribution in [0.4, 0.5) is 0 Å². The first-order valence-electron chi connectivity index (χ1n) is 6.27. The fourth-order valence-corrected chi connectivity index (χ4v) is 2.19. The van der Waals surface area contributed by atoms with Gasteiger partial charge in [-0.05, 0) is 62.5 Å². The molecule has 1 aromatic rings. The minimum Gasteiger partial charge on any atom is -0.481 e. The summed E-state index contributed by atoms with van der Waals surface area (Å²) >= 11 is 3.48. The second-order valence-corrected chi connectivity index (χ2v) is 5.34. The largest absolute Gasteiger partial charge is 0.481 e. The van der Waals surface area contributed by atoms with Crippen LogP contribution in [0.2, 0.25) is 0 Å². The Hall–Kier alpha value is -0.870. The van der Waals surface area contributed by atoms with Crippen molar-refractivity contribution in [2.75, 3.05) is 13.1 Å². The number of carboxylic acid groups (broad SMARTS) is 1. The molecular weight excluding hydrogens is 294 g/mol. The SMILES string of the molecule is Cc1ccc(Br)cc1CCNCCCCC(=O)O. The van der Waals surface area contributed by atoms with Gasteiger partial charge in [-0.2, -0.15) is 0 Å². The molecule has 2 N–H and O–H groups in total. The van der Waals surface area contributed by atoms with Crippen LogP contribution in [0.15, 0.2) is 22.7 Å². The van der Waals surface area contributed by atoms with Crippen LogP contribution in [0.25, 0.3) is 0 Å². The van der Waals surface area contributed by atoms with Gasteiger partial charge in [-0.1, -0.05) is 22.0 Å². The summed E-state index contributed by atoms with van der Waals surface area (Å²) in [5, 5.41) is 11.8. The van der Waals surface area contributed by atoms with E-state index in [1.165, 1.54) is 11.1 Å². The summed E-state index contributed by atoms with van der Waals surface area (Å²) in [6, 6.07) is 6.33. The van der Waals surface area contributed by atoms with Crippen molar-refractivity contribution in [2.45, 2.75) is 32.6 Å².